The van der Waals surface area contributed by atoms with Gasteiger partial charge in [0.25, 0.3) is 0 Å². The van der Waals surface area contributed by atoms with Gasteiger partial charge in [0.2, 0.25) is 0 Å². The van der Waals surface area contributed by atoms with Crippen LogP contribution in [0.5, 0.6) is 0 Å². The van der Waals surface area contributed by atoms with Crippen molar-refractivity contribution in [3.63, 3.8) is 0 Å². The molecule has 0 amide bonds. The van der Waals surface area contributed by atoms with Crippen LogP contribution in [-0.2, 0) is 0 Å². The summed E-state index contributed by atoms with van der Waals surface area (Å²) in [6.45, 7) is 0. The van der Waals surface area contributed by atoms with Crippen molar-refractivity contribution in [2.45, 2.75) is 5.92 Å². The van der Waals surface area contributed by atoms with Crippen molar-refractivity contribution in [1.29, 1.82) is 5.26 Å². The normalized spacial score (nSPS) is 11.6. The summed E-state index contributed by atoms with van der Waals surface area (Å²) in [5.74, 6) is -3.71. The van der Waals surface area contributed by atoms with Crippen LogP contribution in [0, 0.1) is 23.0 Å². The maximum Gasteiger partial charge on any atom is 0.189 e. The first-order valence-corrected chi connectivity index (χ1v) is 5.43. The molecule has 1 aromatic carbocycles. The van der Waals surface area contributed by atoms with Gasteiger partial charge in [0.1, 0.15) is 11.6 Å². The van der Waals surface area contributed by atoms with Crippen molar-refractivity contribution in [2.24, 2.45) is 0 Å². The molecular formula is C14H8F2N2O. The first-order valence-electron chi connectivity index (χ1n) is 5.43. The van der Waals surface area contributed by atoms with Crippen molar-refractivity contribution in [2.75, 3.05) is 0 Å². The number of rotatable bonds is 3. The van der Waals surface area contributed by atoms with E-state index in [2.05, 4.69) is 4.98 Å². The van der Waals surface area contributed by atoms with Gasteiger partial charge in [0.05, 0.1) is 17.3 Å². The second-order valence-corrected chi connectivity index (χ2v) is 3.81. The maximum atomic E-state index is 13.5. The van der Waals surface area contributed by atoms with Crippen LogP contribution >= 0.6 is 0 Å². The Hall–Kier alpha value is -2.61. The lowest BCUT2D eigenvalue weighted by Crippen LogP contribution is -2.14. The van der Waals surface area contributed by atoms with Crippen molar-refractivity contribution in [3.05, 3.63) is 65.5 Å². The summed E-state index contributed by atoms with van der Waals surface area (Å²) in [4.78, 5) is 16.0. The fraction of sp³-hybridized carbons (Fsp3) is 0.0714. The van der Waals surface area contributed by atoms with Crippen LogP contribution in [0.2, 0.25) is 0 Å². The molecule has 19 heavy (non-hydrogen) atoms. The standard InChI is InChI=1S/C14H8F2N2O/c15-9-4-5-10(12(16)7-9)14(19)11(8-17)13-3-1-2-6-18-13/h1-7,11H/t11-/m0/s1. The smallest absolute Gasteiger partial charge is 0.189 e. The number of pyridine rings is 1. The number of halogens is 2. The van der Waals surface area contributed by atoms with E-state index in [0.29, 0.717) is 6.07 Å². The minimum absolute atomic E-state index is 0.235. The summed E-state index contributed by atoms with van der Waals surface area (Å²) in [6.07, 6.45) is 1.44. The maximum absolute atomic E-state index is 13.5. The number of carbonyl (C=O) groups is 1. The molecule has 0 bridgehead atoms. The zero-order valence-corrected chi connectivity index (χ0v) is 9.68. The lowest BCUT2D eigenvalue weighted by atomic mass is 9.95. The fourth-order valence-electron chi connectivity index (χ4n) is 1.65. The van der Waals surface area contributed by atoms with Crippen molar-refractivity contribution >= 4 is 5.78 Å². The highest BCUT2D eigenvalue weighted by molar-refractivity contribution is 6.02. The number of nitriles is 1. The lowest BCUT2D eigenvalue weighted by Gasteiger charge is -2.08. The Morgan fingerprint density at radius 3 is 2.63 bits per heavy atom. The minimum Gasteiger partial charge on any atom is -0.292 e. The largest absolute Gasteiger partial charge is 0.292 e. The summed E-state index contributed by atoms with van der Waals surface area (Å²) in [5, 5.41) is 9.05. The van der Waals surface area contributed by atoms with Crippen LogP contribution in [0.3, 0.4) is 0 Å². The highest BCUT2D eigenvalue weighted by Crippen LogP contribution is 2.20. The third kappa shape index (κ3) is 2.63. The van der Waals surface area contributed by atoms with Gasteiger partial charge in [-0.15, -0.1) is 0 Å². The molecular weight excluding hydrogens is 250 g/mol. The van der Waals surface area contributed by atoms with Crippen LogP contribution in [0.25, 0.3) is 0 Å². The molecule has 2 aromatic rings. The Morgan fingerprint density at radius 1 is 1.26 bits per heavy atom. The van der Waals surface area contributed by atoms with Gasteiger partial charge in [-0.1, -0.05) is 6.07 Å². The summed E-state index contributed by atoms with van der Waals surface area (Å²) in [6, 6.07) is 9.17. The Bertz CT molecular complexity index is 650. The van der Waals surface area contributed by atoms with Crippen LogP contribution in [0.15, 0.2) is 42.6 Å². The van der Waals surface area contributed by atoms with E-state index in [9.17, 15) is 13.6 Å². The molecule has 0 saturated heterocycles. The molecule has 1 heterocycles. The molecule has 0 radical (unpaired) electrons. The fourth-order valence-corrected chi connectivity index (χ4v) is 1.65. The molecule has 0 fully saturated rings. The molecule has 1 aromatic heterocycles. The van der Waals surface area contributed by atoms with Gasteiger partial charge in [0, 0.05) is 12.3 Å². The average molecular weight is 258 g/mol. The molecule has 0 aliphatic heterocycles. The van der Waals surface area contributed by atoms with Crippen molar-refractivity contribution < 1.29 is 13.6 Å². The van der Waals surface area contributed by atoms with Crippen LogP contribution in [0.1, 0.15) is 22.0 Å². The summed E-state index contributed by atoms with van der Waals surface area (Å²) < 4.78 is 26.3. The molecule has 0 unspecified atom stereocenters. The predicted octanol–water partition coefficient (Wildman–Crippen LogP) is 2.85. The second-order valence-electron chi connectivity index (χ2n) is 3.81. The Labute approximate surface area is 108 Å². The lowest BCUT2D eigenvalue weighted by molar-refractivity contribution is 0.0973. The number of nitrogens with zero attached hydrogens (tertiary/aromatic N) is 2. The second kappa shape index (κ2) is 5.36. The topological polar surface area (TPSA) is 53.8 Å². The average Bonchev–Trinajstić information content (AvgIpc) is 2.40. The monoisotopic (exact) mass is 258 g/mol. The summed E-state index contributed by atoms with van der Waals surface area (Å²) >= 11 is 0. The molecule has 2 rings (SSSR count). The zero-order valence-electron chi connectivity index (χ0n) is 9.68. The molecule has 0 aliphatic rings. The number of Topliss-reactive ketones (excluding diaryl/α,β-unsaturated/α-hetero) is 1. The van der Waals surface area contributed by atoms with Gasteiger partial charge < -0.3 is 0 Å². The van der Waals surface area contributed by atoms with Gasteiger partial charge >= 0.3 is 0 Å². The molecule has 0 N–H and O–H groups in total. The Kier molecular flexibility index (Phi) is 3.62. The Morgan fingerprint density at radius 2 is 2.05 bits per heavy atom. The van der Waals surface area contributed by atoms with Crippen LogP contribution < -0.4 is 0 Å². The third-order valence-corrected chi connectivity index (χ3v) is 2.57. The summed E-state index contributed by atoms with van der Waals surface area (Å²) in [7, 11) is 0. The van der Waals surface area contributed by atoms with Crippen molar-refractivity contribution in [3.8, 4) is 6.07 Å². The number of carbonyl (C=O) groups excluding carboxylic acids is 1. The number of hydrogen-bond acceptors (Lipinski definition) is 3. The predicted molar refractivity (Wildman–Crippen MR) is 63.3 cm³/mol. The van der Waals surface area contributed by atoms with E-state index in [1.807, 2.05) is 0 Å². The molecule has 1 atom stereocenters. The minimum atomic E-state index is -1.21. The molecule has 0 spiro atoms. The highest BCUT2D eigenvalue weighted by Gasteiger charge is 2.25. The first-order chi connectivity index (χ1) is 9.13. The van der Waals surface area contributed by atoms with Gasteiger partial charge in [0.15, 0.2) is 11.7 Å². The van der Waals surface area contributed by atoms with E-state index < -0.39 is 23.3 Å². The van der Waals surface area contributed by atoms with E-state index >= 15 is 0 Å². The number of ketones is 1. The summed E-state index contributed by atoms with van der Waals surface area (Å²) in [5.41, 5.74) is -0.0858. The quantitative estimate of drug-likeness (QED) is 0.795. The Balaban J connectivity index is 2.40. The number of hydrogen-bond donors (Lipinski definition) is 0. The molecule has 5 heteroatoms. The van der Waals surface area contributed by atoms with Gasteiger partial charge in [-0.3, -0.25) is 9.78 Å². The highest BCUT2D eigenvalue weighted by atomic mass is 19.1. The first kappa shape index (κ1) is 12.8. The SMILES string of the molecule is N#C[C@H](C(=O)c1ccc(F)cc1F)c1ccccn1. The van der Waals surface area contributed by atoms with E-state index in [0.717, 1.165) is 12.1 Å². The molecule has 0 saturated carbocycles. The van der Waals surface area contributed by atoms with E-state index in [1.54, 1.807) is 18.2 Å². The van der Waals surface area contributed by atoms with Crippen LogP contribution in [0.4, 0.5) is 8.78 Å². The van der Waals surface area contributed by atoms with Crippen molar-refractivity contribution in [1.82, 2.24) is 4.98 Å². The molecule has 0 aliphatic carbocycles. The van der Waals surface area contributed by atoms with E-state index in [-0.39, 0.29) is 11.3 Å². The van der Waals surface area contributed by atoms with E-state index in [4.69, 9.17) is 5.26 Å². The number of benzene rings is 1. The third-order valence-electron chi connectivity index (χ3n) is 2.57. The van der Waals surface area contributed by atoms with Gasteiger partial charge in [-0.05, 0) is 24.3 Å². The zero-order chi connectivity index (χ0) is 13.8. The van der Waals surface area contributed by atoms with Gasteiger partial charge in [-0.25, -0.2) is 8.78 Å². The van der Waals surface area contributed by atoms with E-state index in [1.165, 1.54) is 12.3 Å². The van der Waals surface area contributed by atoms with Gasteiger partial charge in [-0.2, -0.15) is 5.26 Å². The molecule has 94 valence electrons. The number of aromatic nitrogens is 1. The van der Waals surface area contributed by atoms with Crippen LogP contribution in [-0.4, -0.2) is 10.8 Å². The molecule has 3 nitrogen and oxygen atoms in total.